The SMILES string of the molecule is COc1ncc(C=O)c(CBr)c1C(F)F. The van der Waals surface area contributed by atoms with Gasteiger partial charge in [0.15, 0.2) is 6.29 Å². The molecule has 1 heterocycles. The monoisotopic (exact) mass is 279 g/mol. The fourth-order valence-electron chi connectivity index (χ4n) is 1.20. The number of pyridine rings is 1. The van der Waals surface area contributed by atoms with Gasteiger partial charge in [-0.3, -0.25) is 4.79 Å². The van der Waals surface area contributed by atoms with Crippen LogP contribution in [0.4, 0.5) is 8.78 Å². The van der Waals surface area contributed by atoms with E-state index in [1.165, 1.54) is 13.3 Å². The van der Waals surface area contributed by atoms with Gasteiger partial charge < -0.3 is 4.74 Å². The fraction of sp³-hybridized carbons (Fsp3) is 0.333. The molecular weight excluding hydrogens is 272 g/mol. The van der Waals surface area contributed by atoms with Gasteiger partial charge in [-0.15, -0.1) is 0 Å². The van der Waals surface area contributed by atoms with Gasteiger partial charge in [-0.25, -0.2) is 13.8 Å². The van der Waals surface area contributed by atoms with Crippen LogP contribution in [0, 0.1) is 0 Å². The van der Waals surface area contributed by atoms with Crippen LogP contribution in [0.25, 0.3) is 0 Å². The molecule has 15 heavy (non-hydrogen) atoms. The topological polar surface area (TPSA) is 39.2 Å². The van der Waals surface area contributed by atoms with Gasteiger partial charge >= 0.3 is 0 Å². The molecule has 0 radical (unpaired) electrons. The lowest BCUT2D eigenvalue weighted by atomic mass is 10.1. The number of nitrogens with zero attached hydrogens (tertiary/aromatic N) is 1. The maximum absolute atomic E-state index is 12.7. The minimum Gasteiger partial charge on any atom is -0.481 e. The number of hydrogen-bond acceptors (Lipinski definition) is 3. The van der Waals surface area contributed by atoms with Crippen LogP contribution in [0.1, 0.15) is 27.9 Å². The molecule has 3 nitrogen and oxygen atoms in total. The lowest BCUT2D eigenvalue weighted by Gasteiger charge is -2.12. The Morgan fingerprint density at radius 3 is 2.73 bits per heavy atom. The van der Waals surface area contributed by atoms with Crippen LogP contribution in [0.2, 0.25) is 0 Å². The second kappa shape index (κ2) is 5.16. The highest BCUT2D eigenvalue weighted by Gasteiger charge is 2.22. The Labute approximate surface area is 93.6 Å². The zero-order valence-corrected chi connectivity index (χ0v) is 9.42. The van der Waals surface area contributed by atoms with Gasteiger partial charge in [-0.05, 0) is 5.56 Å². The molecule has 0 aromatic carbocycles. The molecule has 0 spiro atoms. The quantitative estimate of drug-likeness (QED) is 0.628. The zero-order valence-electron chi connectivity index (χ0n) is 7.84. The molecule has 1 aromatic rings. The molecular formula is C9H8BrF2NO2. The number of carbonyl (C=O) groups excluding carboxylic acids is 1. The molecule has 0 aliphatic carbocycles. The summed E-state index contributed by atoms with van der Waals surface area (Å²) in [5.41, 5.74) is 0.0220. The molecule has 82 valence electrons. The van der Waals surface area contributed by atoms with Crippen molar-refractivity contribution in [2.45, 2.75) is 11.8 Å². The third-order valence-electron chi connectivity index (χ3n) is 1.90. The van der Waals surface area contributed by atoms with Crippen molar-refractivity contribution in [3.63, 3.8) is 0 Å². The average Bonchev–Trinajstić information content (AvgIpc) is 2.26. The zero-order chi connectivity index (χ0) is 11.4. The van der Waals surface area contributed by atoms with Crippen molar-refractivity contribution in [3.05, 3.63) is 22.9 Å². The van der Waals surface area contributed by atoms with Crippen LogP contribution in [-0.4, -0.2) is 18.4 Å². The number of halogens is 3. The van der Waals surface area contributed by atoms with E-state index in [1.807, 2.05) is 0 Å². The van der Waals surface area contributed by atoms with E-state index in [4.69, 9.17) is 4.74 Å². The maximum atomic E-state index is 12.7. The highest BCUT2D eigenvalue weighted by atomic mass is 79.9. The van der Waals surface area contributed by atoms with E-state index in [-0.39, 0.29) is 27.9 Å². The van der Waals surface area contributed by atoms with Crippen LogP contribution in [0.5, 0.6) is 5.88 Å². The number of aldehydes is 1. The van der Waals surface area contributed by atoms with Crippen LogP contribution in [-0.2, 0) is 5.33 Å². The van der Waals surface area contributed by atoms with Crippen LogP contribution >= 0.6 is 15.9 Å². The van der Waals surface area contributed by atoms with E-state index >= 15 is 0 Å². The van der Waals surface area contributed by atoms with Gasteiger partial charge in [0.1, 0.15) is 0 Å². The smallest absolute Gasteiger partial charge is 0.269 e. The summed E-state index contributed by atoms with van der Waals surface area (Å²) in [7, 11) is 1.26. The molecule has 6 heteroatoms. The normalized spacial score (nSPS) is 10.5. The Morgan fingerprint density at radius 1 is 1.67 bits per heavy atom. The van der Waals surface area contributed by atoms with Crippen molar-refractivity contribution in [1.82, 2.24) is 4.98 Å². The molecule has 0 bridgehead atoms. The molecule has 0 unspecified atom stereocenters. The van der Waals surface area contributed by atoms with Crippen LogP contribution < -0.4 is 4.74 Å². The van der Waals surface area contributed by atoms with Gasteiger partial charge in [0.2, 0.25) is 5.88 Å². The summed E-state index contributed by atoms with van der Waals surface area (Å²) in [6, 6.07) is 0. The number of hydrogen-bond donors (Lipinski definition) is 0. The minimum atomic E-state index is -2.72. The number of aromatic nitrogens is 1. The predicted molar refractivity (Wildman–Crippen MR) is 53.8 cm³/mol. The summed E-state index contributed by atoms with van der Waals surface area (Å²) >= 11 is 3.06. The number of rotatable bonds is 4. The number of methoxy groups -OCH3 is 1. The van der Waals surface area contributed by atoms with Crippen LogP contribution in [0.15, 0.2) is 6.20 Å². The summed E-state index contributed by atoms with van der Waals surface area (Å²) in [6.07, 6.45) is -1.01. The molecule has 0 aliphatic rings. The van der Waals surface area contributed by atoms with E-state index < -0.39 is 6.43 Å². The Morgan fingerprint density at radius 2 is 2.33 bits per heavy atom. The van der Waals surface area contributed by atoms with Crippen molar-refractivity contribution in [2.24, 2.45) is 0 Å². The first-order chi connectivity index (χ1) is 7.15. The van der Waals surface area contributed by atoms with E-state index in [0.717, 1.165) is 0 Å². The average molecular weight is 280 g/mol. The van der Waals surface area contributed by atoms with Gasteiger partial charge in [0.25, 0.3) is 6.43 Å². The predicted octanol–water partition coefficient (Wildman–Crippen LogP) is 2.74. The molecule has 0 saturated heterocycles. The lowest BCUT2D eigenvalue weighted by molar-refractivity contribution is 0.112. The largest absolute Gasteiger partial charge is 0.481 e. The van der Waals surface area contributed by atoms with E-state index in [0.29, 0.717) is 6.29 Å². The minimum absolute atomic E-state index is 0.142. The summed E-state index contributed by atoms with van der Waals surface area (Å²) in [4.78, 5) is 14.3. The van der Waals surface area contributed by atoms with Gasteiger partial charge in [0, 0.05) is 17.1 Å². The maximum Gasteiger partial charge on any atom is 0.269 e. The molecule has 1 aromatic heterocycles. The van der Waals surface area contributed by atoms with Crippen molar-refractivity contribution < 1.29 is 18.3 Å². The van der Waals surface area contributed by atoms with Crippen LogP contribution in [0.3, 0.4) is 0 Å². The van der Waals surface area contributed by atoms with Gasteiger partial charge in [-0.1, -0.05) is 15.9 Å². The van der Waals surface area contributed by atoms with Crippen molar-refractivity contribution in [2.75, 3.05) is 7.11 Å². The van der Waals surface area contributed by atoms with Crippen molar-refractivity contribution in [3.8, 4) is 5.88 Å². The summed E-state index contributed by atoms with van der Waals surface area (Å²) in [5, 5.41) is 0.152. The van der Waals surface area contributed by atoms with Crippen molar-refractivity contribution >= 4 is 22.2 Å². The summed E-state index contributed by atoms with van der Waals surface area (Å²) in [6.45, 7) is 0. The Bertz CT molecular complexity index is 371. The molecule has 0 atom stereocenters. The number of alkyl halides is 3. The highest BCUT2D eigenvalue weighted by Crippen LogP contribution is 2.33. The fourth-order valence-corrected chi connectivity index (χ4v) is 1.82. The number of carbonyl (C=O) groups is 1. The van der Waals surface area contributed by atoms with E-state index in [2.05, 4.69) is 20.9 Å². The third-order valence-corrected chi connectivity index (χ3v) is 2.46. The summed E-state index contributed by atoms with van der Waals surface area (Å²) < 4.78 is 30.2. The first kappa shape index (κ1) is 12.0. The molecule has 0 aliphatic heterocycles. The van der Waals surface area contributed by atoms with E-state index in [9.17, 15) is 13.6 Å². The summed E-state index contributed by atoms with van der Waals surface area (Å²) in [5.74, 6) is -0.148. The second-order valence-corrected chi connectivity index (χ2v) is 3.23. The first-order valence-corrected chi connectivity index (χ1v) is 5.12. The van der Waals surface area contributed by atoms with Gasteiger partial charge in [-0.2, -0.15) is 0 Å². The molecule has 1 rings (SSSR count). The lowest BCUT2D eigenvalue weighted by Crippen LogP contribution is -2.04. The molecule has 0 saturated carbocycles. The Hall–Kier alpha value is -1.04. The molecule has 0 N–H and O–H groups in total. The highest BCUT2D eigenvalue weighted by molar-refractivity contribution is 9.08. The molecule has 0 amide bonds. The standard InChI is InChI=1S/C9H8BrF2NO2/c1-15-9-7(8(11)12)6(2-10)5(4-14)3-13-9/h3-4,8H,2H2,1H3. The third kappa shape index (κ3) is 2.31. The second-order valence-electron chi connectivity index (χ2n) is 2.67. The van der Waals surface area contributed by atoms with Gasteiger partial charge in [0.05, 0.1) is 12.7 Å². The molecule has 0 fully saturated rings. The number of ether oxygens (including phenoxy) is 1. The van der Waals surface area contributed by atoms with E-state index in [1.54, 1.807) is 0 Å². The first-order valence-electron chi connectivity index (χ1n) is 4.00. The Balaban J connectivity index is 3.44. The van der Waals surface area contributed by atoms with Crippen molar-refractivity contribution in [1.29, 1.82) is 0 Å². The Kier molecular flexibility index (Phi) is 4.14.